The Bertz CT molecular complexity index is 755. The van der Waals surface area contributed by atoms with Gasteiger partial charge in [-0.25, -0.2) is 4.99 Å². The second-order valence-corrected chi connectivity index (χ2v) is 5.91. The summed E-state index contributed by atoms with van der Waals surface area (Å²) in [6, 6.07) is 13.2. The van der Waals surface area contributed by atoms with Crippen molar-refractivity contribution in [3.8, 4) is 5.75 Å². The lowest BCUT2D eigenvalue weighted by Crippen LogP contribution is -2.37. The molecular formula is C20H28N4O2. The molecule has 1 aromatic heterocycles. The molecule has 26 heavy (non-hydrogen) atoms. The Morgan fingerprint density at radius 3 is 2.81 bits per heavy atom. The Morgan fingerprint density at radius 1 is 1.15 bits per heavy atom. The molecule has 0 bridgehead atoms. The molecule has 0 radical (unpaired) electrons. The summed E-state index contributed by atoms with van der Waals surface area (Å²) < 4.78 is 6.98. The van der Waals surface area contributed by atoms with E-state index in [1.807, 2.05) is 43.5 Å². The summed E-state index contributed by atoms with van der Waals surface area (Å²) in [5.41, 5.74) is 1.15. The summed E-state index contributed by atoms with van der Waals surface area (Å²) in [7, 11) is 1.66. The van der Waals surface area contributed by atoms with Crippen LogP contribution < -0.4 is 20.9 Å². The molecule has 140 valence electrons. The van der Waals surface area contributed by atoms with Crippen molar-refractivity contribution in [3.05, 3.63) is 64.6 Å². The number of aromatic nitrogens is 1. The highest BCUT2D eigenvalue weighted by molar-refractivity contribution is 5.79. The third-order valence-corrected chi connectivity index (χ3v) is 3.92. The van der Waals surface area contributed by atoms with E-state index in [0.717, 1.165) is 49.7 Å². The van der Waals surface area contributed by atoms with Crippen molar-refractivity contribution in [2.75, 3.05) is 20.2 Å². The summed E-state index contributed by atoms with van der Waals surface area (Å²) in [4.78, 5) is 16.3. The molecule has 0 saturated heterocycles. The number of hydrogen-bond acceptors (Lipinski definition) is 3. The molecule has 0 saturated carbocycles. The van der Waals surface area contributed by atoms with Crippen LogP contribution in [-0.4, -0.2) is 30.7 Å². The molecule has 6 heteroatoms. The summed E-state index contributed by atoms with van der Waals surface area (Å²) in [6.45, 7) is 4.99. The molecular weight excluding hydrogens is 328 g/mol. The maximum atomic E-state index is 11.7. The van der Waals surface area contributed by atoms with E-state index in [2.05, 4.69) is 15.6 Å². The Hall–Kier alpha value is -2.76. The third kappa shape index (κ3) is 6.63. The fraction of sp³-hybridized carbons (Fsp3) is 0.400. The number of benzene rings is 1. The monoisotopic (exact) mass is 356 g/mol. The van der Waals surface area contributed by atoms with Gasteiger partial charge in [0.15, 0.2) is 5.96 Å². The highest BCUT2D eigenvalue weighted by Gasteiger charge is 1.99. The van der Waals surface area contributed by atoms with Crippen molar-refractivity contribution in [1.29, 1.82) is 0 Å². The van der Waals surface area contributed by atoms with Gasteiger partial charge in [0.05, 0.1) is 13.7 Å². The van der Waals surface area contributed by atoms with Gasteiger partial charge in [0.2, 0.25) is 5.56 Å². The SMILES string of the molecule is CCNC(=NCc1cccc(OC)c1)NCCCCn1ccccc1=O. The number of unbranched alkanes of at least 4 members (excludes halogenated alkanes) is 1. The predicted molar refractivity (Wildman–Crippen MR) is 106 cm³/mol. The Balaban J connectivity index is 1.78. The van der Waals surface area contributed by atoms with Gasteiger partial charge in [-0.3, -0.25) is 4.79 Å². The number of guanidine groups is 1. The zero-order valence-corrected chi connectivity index (χ0v) is 15.6. The van der Waals surface area contributed by atoms with Gasteiger partial charge >= 0.3 is 0 Å². The average molecular weight is 356 g/mol. The molecule has 1 aromatic carbocycles. The van der Waals surface area contributed by atoms with Gasteiger partial charge in [0.1, 0.15) is 5.75 Å². The molecule has 1 heterocycles. The minimum absolute atomic E-state index is 0.0497. The molecule has 0 aliphatic rings. The molecule has 2 aromatic rings. The number of hydrogen-bond donors (Lipinski definition) is 2. The summed E-state index contributed by atoms with van der Waals surface area (Å²) in [5, 5.41) is 6.59. The molecule has 0 spiro atoms. The van der Waals surface area contributed by atoms with Gasteiger partial charge < -0.3 is 19.9 Å². The van der Waals surface area contributed by atoms with Gasteiger partial charge in [-0.05, 0) is 43.5 Å². The minimum Gasteiger partial charge on any atom is -0.497 e. The molecule has 0 aliphatic heterocycles. The van der Waals surface area contributed by atoms with Crippen LogP contribution in [0.2, 0.25) is 0 Å². The normalized spacial score (nSPS) is 11.2. The lowest BCUT2D eigenvalue weighted by Gasteiger charge is -2.12. The number of rotatable bonds is 9. The molecule has 0 unspecified atom stereocenters. The van der Waals surface area contributed by atoms with Gasteiger partial charge in [0.25, 0.3) is 0 Å². The van der Waals surface area contributed by atoms with Gasteiger partial charge in [0, 0.05) is 31.9 Å². The van der Waals surface area contributed by atoms with E-state index in [4.69, 9.17) is 4.74 Å². The van der Waals surface area contributed by atoms with Crippen LogP contribution in [0.25, 0.3) is 0 Å². The largest absolute Gasteiger partial charge is 0.497 e. The van der Waals surface area contributed by atoms with E-state index in [0.29, 0.717) is 6.54 Å². The second-order valence-electron chi connectivity index (χ2n) is 5.91. The maximum absolute atomic E-state index is 11.7. The van der Waals surface area contributed by atoms with E-state index in [1.165, 1.54) is 0 Å². The highest BCUT2D eigenvalue weighted by Crippen LogP contribution is 2.13. The first-order valence-electron chi connectivity index (χ1n) is 9.03. The van der Waals surface area contributed by atoms with Crippen LogP contribution in [0.3, 0.4) is 0 Å². The van der Waals surface area contributed by atoms with Crippen molar-refractivity contribution in [3.63, 3.8) is 0 Å². The van der Waals surface area contributed by atoms with Crippen molar-refractivity contribution < 1.29 is 4.74 Å². The molecule has 0 atom stereocenters. The van der Waals surface area contributed by atoms with E-state index >= 15 is 0 Å². The van der Waals surface area contributed by atoms with Crippen LogP contribution in [0, 0.1) is 0 Å². The summed E-state index contributed by atoms with van der Waals surface area (Å²) in [6.07, 6.45) is 3.73. The van der Waals surface area contributed by atoms with Crippen molar-refractivity contribution in [2.45, 2.75) is 32.9 Å². The van der Waals surface area contributed by atoms with Crippen molar-refractivity contribution >= 4 is 5.96 Å². The molecule has 0 amide bonds. The number of nitrogens with zero attached hydrogens (tertiary/aromatic N) is 2. The van der Waals surface area contributed by atoms with Gasteiger partial charge in [-0.15, -0.1) is 0 Å². The maximum Gasteiger partial charge on any atom is 0.250 e. The first-order valence-corrected chi connectivity index (χ1v) is 9.03. The zero-order chi connectivity index (χ0) is 18.6. The standard InChI is InChI=1S/C20H28N4O2/c1-3-21-20(23-16-17-9-8-10-18(15-17)26-2)22-12-5-7-14-24-13-6-4-11-19(24)25/h4,6,8-11,13,15H,3,5,7,12,14,16H2,1-2H3,(H2,21,22,23). The number of aryl methyl sites for hydroxylation is 1. The predicted octanol–water partition coefficient (Wildman–Crippen LogP) is 2.39. The van der Waals surface area contributed by atoms with Crippen molar-refractivity contribution in [2.24, 2.45) is 4.99 Å². The fourth-order valence-corrected chi connectivity index (χ4v) is 2.54. The number of ether oxygens (including phenoxy) is 1. The first-order chi connectivity index (χ1) is 12.7. The number of methoxy groups -OCH3 is 1. The van der Waals surface area contributed by atoms with Crippen LogP contribution in [0.1, 0.15) is 25.3 Å². The smallest absolute Gasteiger partial charge is 0.250 e. The van der Waals surface area contributed by atoms with Crippen LogP contribution >= 0.6 is 0 Å². The Morgan fingerprint density at radius 2 is 2.04 bits per heavy atom. The lowest BCUT2D eigenvalue weighted by atomic mass is 10.2. The molecule has 0 fully saturated rings. The topological polar surface area (TPSA) is 67.7 Å². The van der Waals surface area contributed by atoms with E-state index in [1.54, 1.807) is 23.8 Å². The van der Waals surface area contributed by atoms with E-state index < -0.39 is 0 Å². The zero-order valence-electron chi connectivity index (χ0n) is 15.6. The Labute approximate surface area is 154 Å². The molecule has 2 N–H and O–H groups in total. The number of pyridine rings is 1. The summed E-state index contributed by atoms with van der Waals surface area (Å²) in [5.74, 6) is 1.64. The third-order valence-electron chi connectivity index (χ3n) is 3.92. The van der Waals surface area contributed by atoms with Crippen LogP contribution in [0.15, 0.2) is 58.4 Å². The van der Waals surface area contributed by atoms with Crippen LogP contribution in [-0.2, 0) is 13.1 Å². The Kier molecular flexibility index (Phi) is 8.26. The molecule has 6 nitrogen and oxygen atoms in total. The van der Waals surface area contributed by atoms with Crippen LogP contribution in [0.4, 0.5) is 0 Å². The van der Waals surface area contributed by atoms with Crippen LogP contribution in [0.5, 0.6) is 5.75 Å². The van der Waals surface area contributed by atoms with E-state index in [-0.39, 0.29) is 5.56 Å². The number of aliphatic imine (C=N–C) groups is 1. The van der Waals surface area contributed by atoms with Gasteiger partial charge in [-0.1, -0.05) is 18.2 Å². The molecule has 2 rings (SSSR count). The first kappa shape index (κ1) is 19.6. The highest BCUT2D eigenvalue weighted by atomic mass is 16.5. The van der Waals surface area contributed by atoms with E-state index in [9.17, 15) is 4.79 Å². The van der Waals surface area contributed by atoms with Gasteiger partial charge in [-0.2, -0.15) is 0 Å². The van der Waals surface area contributed by atoms with Crippen molar-refractivity contribution in [1.82, 2.24) is 15.2 Å². The quantitative estimate of drug-likeness (QED) is 0.411. The molecule has 0 aliphatic carbocycles. The minimum atomic E-state index is 0.0497. The second kappa shape index (κ2) is 11.0. The fourth-order valence-electron chi connectivity index (χ4n) is 2.54. The summed E-state index contributed by atoms with van der Waals surface area (Å²) >= 11 is 0. The average Bonchev–Trinajstić information content (AvgIpc) is 2.67. The lowest BCUT2D eigenvalue weighted by molar-refractivity contribution is 0.414. The number of nitrogens with one attached hydrogen (secondary N) is 2.